The molecule has 0 spiro atoms. The van der Waals surface area contributed by atoms with Crippen LogP contribution in [0.3, 0.4) is 0 Å². The fraction of sp³-hybridized carbons (Fsp3) is 0.714. The molecular formula is C14H24ClN3S. The zero-order valence-electron chi connectivity index (χ0n) is 11.9. The van der Waals surface area contributed by atoms with Gasteiger partial charge in [0.25, 0.3) is 0 Å². The van der Waals surface area contributed by atoms with Crippen LogP contribution in [0.2, 0.25) is 5.15 Å². The van der Waals surface area contributed by atoms with E-state index in [9.17, 15) is 0 Å². The molecule has 19 heavy (non-hydrogen) atoms. The first-order valence-corrected chi connectivity index (χ1v) is 8.79. The molecule has 0 amide bonds. The number of aryl methyl sites for hydroxylation is 1. The maximum Gasteiger partial charge on any atom is 0.134 e. The van der Waals surface area contributed by atoms with Crippen molar-refractivity contribution in [3.05, 3.63) is 17.0 Å². The summed E-state index contributed by atoms with van der Waals surface area (Å²) < 4.78 is 0. The highest BCUT2D eigenvalue weighted by Crippen LogP contribution is 2.13. The van der Waals surface area contributed by atoms with E-state index in [1.807, 2.05) is 11.8 Å². The zero-order chi connectivity index (χ0) is 13.9. The van der Waals surface area contributed by atoms with Crippen LogP contribution in [0.15, 0.2) is 6.07 Å². The first-order valence-electron chi connectivity index (χ1n) is 7.02. The van der Waals surface area contributed by atoms with Crippen LogP contribution in [0.4, 0.5) is 5.82 Å². The number of rotatable bonds is 10. The van der Waals surface area contributed by atoms with Gasteiger partial charge in [-0.05, 0) is 31.3 Å². The molecule has 5 heteroatoms. The van der Waals surface area contributed by atoms with E-state index in [0.717, 1.165) is 31.0 Å². The molecule has 0 fully saturated rings. The SMILES string of the molecule is CCCc1nc(Cl)cc(NCCCCCCSC)n1. The normalized spacial score (nSPS) is 10.7. The van der Waals surface area contributed by atoms with E-state index >= 15 is 0 Å². The molecule has 0 aliphatic rings. The van der Waals surface area contributed by atoms with Gasteiger partial charge in [-0.3, -0.25) is 0 Å². The molecule has 0 aliphatic carbocycles. The van der Waals surface area contributed by atoms with Gasteiger partial charge in [-0.15, -0.1) is 0 Å². The van der Waals surface area contributed by atoms with Gasteiger partial charge < -0.3 is 5.32 Å². The summed E-state index contributed by atoms with van der Waals surface area (Å²) in [6.45, 7) is 3.07. The van der Waals surface area contributed by atoms with Crippen molar-refractivity contribution >= 4 is 29.2 Å². The van der Waals surface area contributed by atoms with Crippen molar-refractivity contribution in [1.82, 2.24) is 9.97 Å². The number of thioether (sulfide) groups is 1. The first kappa shape index (κ1) is 16.6. The minimum Gasteiger partial charge on any atom is -0.370 e. The topological polar surface area (TPSA) is 37.8 Å². The molecule has 0 aromatic carbocycles. The molecule has 3 nitrogen and oxygen atoms in total. The van der Waals surface area contributed by atoms with Crippen LogP contribution in [0.1, 0.15) is 44.9 Å². The number of unbranched alkanes of at least 4 members (excludes halogenated alkanes) is 3. The number of hydrogen-bond donors (Lipinski definition) is 1. The standard InChI is InChI=1S/C14H24ClN3S/c1-3-8-13-17-12(15)11-14(18-13)16-9-6-4-5-7-10-19-2/h11H,3-10H2,1-2H3,(H,16,17,18). The molecule has 0 atom stereocenters. The van der Waals surface area contributed by atoms with Crippen molar-refractivity contribution in [2.75, 3.05) is 23.9 Å². The molecule has 1 heterocycles. The number of halogens is 1. The minimum atomic E-state index is 0.529. The van der Waals surface area contributed by atoms with Gasteiger partial charge in [0.05, 0.1) is 0 Å². The second kappa shape index (κ2) is 10.3. The lowest BCUT2D eigenvalue weighted by Gasteiger charge is -2.07. The van der Waals surface area contributed by atoms with Gasteiger partial charge in [0.1, 0.15) is 16.8 Å². The van der Waals surface area contributed by atoms with Crippen molar-refractivity contribution in [3.8, 4) is 0 Å². The van der Waals surface area contributed by atoms with Gasteiger partial charge in [-0.2, -0.15) is 11.8 Å². The van der Waals surface area contributed by atoms with Gasteiger partial charge in [0, 0.05) is 19.0 Å². The van der Waals surface area contributed by atoms with Crippen LogP contribution >= 0.6 is 23.4 Å². The molecule has 0 unspecified atom stereocenters. The van der Waals surface area contributed by atoms with Crippen LogP contribution in [0.25, 0.3) is 0 Å². The Balaban J connectivity index is 2.25. The highest BCUT2D eigenvalue weighted by molar-refractivity contribution is 7.98. The van der Waals surface area contributed by atoms with Crippen molar-refractivity contribution < 1.29 is 0 Å². The molecule has 1 aromatic heterocycles. The Morgan fingerprint density at radius 2 is 2.00 bits per heavy atom. The smallest absolute Gasteiger partial charge is 0.134 e. The monoisotopic (exact) mass is 301 g/mol. The highest BCUT2D eigenvalue weighted by atomic mass is 35.5. The van der Waals surface area contributed by atoms with Gasteiger partial charge in [0.15, 0.2) is 0 Å². The van der Waals surface area contributed by atoms with Crippen LogP contribution in [0.5, 0.6) is 0 Å². The molecule has 1 N–H and O–H groups in total. The van der Waals surface area contributed by atoms with Crippen molar-refractivity contribution in [1.29, 1.82) is 0 Å². The zero-order valence-corrected chi connectivity index (χ0v) is 13.5. The predicted molar refractivity (Wildman–Crippen MR) is 86.4 cm³/mol. The summed E-state index contributed by atoms with van der Waals surface area (Å²) in [7, 11) is 0. The molecule has 0 aliphatic heterocycles. The largest absolute Gasteiger partial charge is 0.370 e. The second-order valence-corrected chi connectivity index (χ2v) is 5.95. The third-order valence-electron chi connectivity index (χ3n) is 2.80. The average Bonchev–Trinajstić information content (AvgIpc) is 2.37. The molecule has 1 aromatic rings. The number of nitrogens with one attached hydrogen (secondary N) is 1. The third kappa shape index (κ3) is 7.63. The van der Waals surface area contributed by atoms with Crippen LogP contribution in [-0.4, -0.2) is 28.5 Å². The molecule has 1 rings (SSSR count). The quantitative estimate of drug-likeness (QED) is 0.513. The minimum absolute atomic E-state index is 0.529. The molecular weight excluding hydrogens is 278 g/mol. The Labute approximate surface area is 125 Å². The Kier molecular flexibility index (Phi) is 9.01. The van der Waals surface area contributed by atoms with E-state index in [0.29, 0.717) is 5.15 Å². The van der Waals surface area contributed by atoms with E-state index in [2.05, 4.69) is 28.5 Å². The predicted octanol–water partition coefficient (Wildman–Crippen LogP) is 4.42. The second-order valence-electron chi connectivity index (χ2n) is 4.58. The van der Waals surface area contributed by atoms with Crippen molar-refractivity contribution in [3.63, 3.8) is 0 Å². The number of anilines is 1. The molecule has 0 radical (unpaired) electrons. The molecule has 0 bridgehead atoms. The molecule has 0 saturated carbocycles. The lowest BCUT2D eigenvalue weighted by Crippen LogP contribution is -2.06. The Hall–Kier alpha value is -0.480. The Morgan fingerprint density at radius 3 is 2.74 bits per heavy atom. The average molecular weight is 302 g/mol. The van der Waals surface area contributed by atoms with Gasteiger partial charge in [0.2, 0.25) is 0 Å². The van der Waals surface area contributed by atoms with Crippen molar-refractivity contribution in [2.45, 2.75) is 45.4 Å². The van der Waals surface area contributed by atoms with Crippen molar-refractivity contribution in [2.24, 2.45) is 0 Å². The maximum absolute atomic E-state index is 5.99. The first-order chi connectivity index (χ1) is 9.26. The van der Waals surface area contributed by atoms with E-state index < -0.39 is 0 Å². The molecule has 0 saturated heterocycles. The van der Waals surface area contributed by atoms with Crippen LogP contribution in [-0.2, 0) is 6.42 Å². The Bertz CT molecular complexity index is 361. The highest BCUT2D eigenvalue weighted by Gasteiger charge is 2.02. The summed E-state index contributed by atoms with van der Waals surface area (Å²) in [5.41, 5.74) is 0. The lowest BCUT2D eigenvalue weighted by molar-refractivity contribution is 0.688. The Morgan fingerprint density at radius 1 is 1.21 bits per heavy atom. The van der Waals surface area contributed by atoms with Crippen LogP contribution < -0.4 is 5.32 Å². The summed E-state index contributed by atoms with van der Waals surface area (Å²) in [6, 6.07) is 1.80. The number of hydrogen-bond acceptors (Lipinski definition) is 4. The van der Waals surface area contributed by atoms with Crippen LogP contribution in [0, 0.1) is 0 Å². The summed E-state index contributed by atoms with van der Waals surface area (Å²) in [5, 5.41) is 3.86. The fourth-order valence-corrected chi connectivity index (χ4v) is 2.53. The maximum atomic E-state index is 5.99. The van der Waals surface area contributed by atoms with Gasteiger partial charge in [-0.25, -0.2) is 9.97 Å². The number of aromatic nitrogens is 2. The van der Waals surface area contributed by atoms with E-state index in [4.69, 9.17) is 11.6 Å². The van der Waals surface area contributed by atoms with E-state index in [-0.39, 0.29) is 0 Å². The summed E-state index contributed by atoms with van der Waals surface area (Å²) >= 11 is 7.91. The lowest BCUT2D eigenvalue weighted by atomic mass is 10.2. The van der Waals surface area contributed by atoms with Gasteiger partial charge >= 0.3 is 0 Å². The molecule has 108 valence electrons. The van der Waals surface area contributed by atoms with E-state index in [1.54, 1.807) is 6.07 Å². The summed E-state index contributed by atoms with van der Waals surface area (Å²) in [5.74, 6) is 2.96. The third-order valence-corrected chi connectivity index (χ3v) is 3.69. The number of nitrogens with zero attached hydrogens (tertiary/aromatic N) is 2. The summed E-state index contributed by atoms with van der Waals surface area (Å²) in [4.78, 5) is 8.67. The summed E-state index contributed by atoms with van der Waals surface area (Å²) in [6.07, 6.45) is 9.16. The fourth-order valence-electron chi connectivity index (χ4n) is 1.83. The van der Waals surface area contributed by atoms with Gasteiger partial charge in [-0.1, -0.05) is 31.4 Å². The van der Waals surface area contributed by atoms with E-state index in [1.165, 1.54) is 31.4 Å².